The van der Waals surface area contributed by atoms with Gasteiger partial charge in [-0.25, -0.2) is 8.42 Å². The van der Waals surface area contributed by atoms with E-state index < -0.39 is 28.5 Å². The first-order chi connectivity index (χ1) is 19.0. The van der Waals surface area contributed by atoms with Crippen LogP contribution in [0.25, 0.3) is 0 Å². The van der Waals surface area contributed by atoms with Crippen molar-refractivity contribution in [1.29, 1.82) is 0 Å². The highest BCUT2D eigenvalue weighted by Gasteiger charge is 2.34. The zero-order chi connectivity index (χ0) is 29.4. The van der Waals surface area contributed by atoms with E-state index in [1.165, 1.54) is 24.1 Å². The Kier molecular flexibility index (Phi) is 10.8. The number of anilines is 1. The standard InChI is InChI=1S/C29H33Cl2N3O5S/c1-5-16-32-29(36)21(3)33(18-23-24(30)12-9-13-25(23)31)28(35)19-34(26-17-20(2)14-15-27(26)39-4)40(37,38)22-10-7-6-8-11-22/h6-15,17,21H,5,16,18-19H2,1-4H3,(H,32,36)/t21-/m0/s1. The van der Waals surface area contributed by atoms with E-state index in [4.69, 9.17) is 27.9 Å². The van der Waals surface area contributed by atoms with Crippen molar-refractivity contribution >= 4 is 50.7 Å². The first-order valence-corrected chi connectivity index (χ1v) is 14.9. The van der Waals surface area contributed by atoms with Gasteiger partial charge in [0.1, 0.15) is 18.3 Å². The van der Waals surface area contributed by atoms with Crippen molar-refractivity contribution in [2.45, 2.75) is 44.7 Å². The topological polar surface area (TPSA) is 96.0 Å². The summed E-state index contributed by atoms with van der Waals surface area (Å²) >= 11 is 12.8. The van der Waals surface area contributed by atoms with Gasteiger partial charge in [-0.05, 0) is 62.2 Å². The van der Waals surface area contributed by atoms with Crippen molar-refractivity contribution < 1.29 is 22.7 Å². The van der Waals surface area contributed by atoms with E-state index in [-0.39, 0.29) is 28.8 Å². The van der Waals surface area contributed by atoms with E-state index in [1.807, 2.05) is 13.8 Å². The van der Waals surface area contributed by atoms with Crippen molar-refractivity contribution in [3.8, 4) is 5.75 Å². The van der Waals surface area contributed by atoms with Crippen LogP contribution in [0, 0.1) is 6.92 Å². The molecular weight excluding hydrogens is 573 g/mol. The fourth-order valence-electron chi connectivity index (χ4n) is 4.06. The normalized spacial score (nSPS) is 11.9. The van der Waals surface area contributed by atoms with Crippen LogP contribution in [-0.2, 0) is 26.2 Å². The van der Waals surface area contributed by atoms with E-state index in [9.17, 15) is 18.0 Å². The number of sulfonamides is 1. The second-order valence-corrected chi connectivity index (χ2v) is 11.9. The summed E-state index contributed by atoms with van der Waals surface area (Å²) in [6, 6.07) is 16.9. The molecule has 3 aromatic rings. The van der Waals surface area contributed by atoms with Crippen LogP contribution in [0.4, 0.5) is 5.69 Å². The highest BCUT2D eigenvalue weighted by Crippen LogP contribution is 2.34. The molecule has 1 N–H and O–H groups in total. The van der Waals surface area contributed by atoms with E-state index in [0.29, 0.717) is 28.6 Å². The first-order valence-electron chi connectivity index (χ1n) is 12.7. The molecular formula is C29H33Cl2N3O5S. The maximum absolute atomic E-state index is 14.0. The van der Waals surface area contributed by atoms with Crippen LogP contribution in [0.2, 0.25) is 10.0 Å². The van der Waals surface area contributed by atoms with Gasteiger partial charge in [0.05, 0.1) is 17.7 Å². The van der Waals surface area contributed by atoms with Crippen molar-refractivity contribution in [3.05, 3.63) is 87.9 Å². The quantitative estimate of drug-likeness (QED) is 0.296. The van der Waals surface area contributed by atoms with Crippen molar-refractivity contribution in [2.75, 3.05) is 24.5 Å². The minimum atomic E-state index is -4.23. The number of ether oxygens (including phenoxy) is 1. The molecule has 3 aromatic carbocycles. The summed E-state index contributed by atoms with van der Waals surface area (Å²) in [5.41, 5.74) is 1.40. The number of nitrogens with zero attached hydrogens (tertiary/aromatic N) is 2. The van der Waals surface area contributed by atoms with Crippen LogP contribution in [0.15, 0.2) is 71.6 Å². The van der Waals surface area contributed by atoms with E-state index >= 15 is 0 Å². The Morgan fingerprint density at radius 1 is 1.00 bits per heavy atom. The molecule has 40 heavy (non-hydrogen) atoms. The third kappa shape index (κ3) is 7.27. The molecule has 0 unspecified atom stereocenters. The zero-order valence-corrected chi connectivity index (χ0v) is 25.2. The average Bonchev–Trinajstić information content (AvgIpc) is 2.94. The van der Waals surface area contributed by atoms with Gasteiger partial charge in [-0.1, -0.05) is 60.5 Å². The largest absolute Gasteiger partial charge is 0.495 e. The second kappa shape index (κ2) is 13.9. The number of methoxy groups -OCH3 is 1. The average molecular weight is 607 g/mol. The molecule has 0 radical (unpaired) electrons. The molecule has 0 aromatic heterocycles. The predicted molar refractivity (Wildman–Crippen MR) is 158 cm³/mol. The van der Waals surface area contributed by atoms with Gasteiger partial charge in [-0.15, -0.1) is 0 Å². The van der Waals surface area contributed by atoms with Gasteiger partial charge in [-0.3, -0.25) is 13.9 Å². The Morgan fingerprint density at radius 2 is 1.65 bits per heavy atom. The highest BCUT2D eigenvalue weighted by atomic mass is 35.5. The lowest BCUT2D eigenvalue weighted by Crippen LogP contribution is -2.51. The molecule has 1 atom stereocenters. The van der Waals surface area contributed by atoms with Gasteiger partial charge in [0.25, 0.3) is 10.0 Å². The van der Waals surface area contributed by atoms with Gasteiger partial charge in [0.2, 0.25) is 11.8 Å². The zero-order valence-electron chi connectivity index (χ0n) is 22.9. The van der Waals surface area contributed by atoms with Gasteiger partial charge < -0.3 is 15.0 Å². The number of hydrogen-bond acceptors (Lipinski definition) is 5. The van der Waals surface area contributed by atoms with Gasteiger partial charge in [0.15, 0.2) is 0 Å². The number of aryl methyl sites for hydroxylation is 1. The molecule has 0 aliphatic carbocycles. The molecule has 3 rings (SSSR count). The summed E-state index contributed by atoms with van der Waals surface area (Å²) in [4.78, 5) is 28.3. The molecule has 0 bridgehead atoms. The van der Waals surface area contributed by atoms with Crippen LogP contribution in [0.5, 0.6) is 5.75 Å². The number of halogens is 2. The molecule has 0 aliphatic heterocycles. The van der Waals surface area contributed by atoms with Crippen LogP contribution in [0.1, 0.15) is 31.4 Å². The lowest BCUT2D eigenvalue weighted by molar-refractivity contribution is -0.139. The third-order valence-corrected chi connectivity index (χ3v) is 8.80. The lowest BCUT2D eigenvalue weighted by atomic mass is 10.1. The third-order valence-electron chi connectivity index (χ3n) is 6.32. The Hall–Kier alpha value is -3.27. The fraction of sp³-hybridized carbons (Fsp3) is 0.310. The number of nitrogens with one attached hydrogen (secondary N) is 1. The Bertz CT molecular complexity index is 1430. The number of rotatable bonds is 12. The molecule has 0 spiro atoms. The minimum Gasteiger partial charge on any atom is -0.495 e. The molecule has 8 nitrogen and oxygen atoms in total. The van der Waals surface area contributed by atoms with Crippen LogP contribution in [-0.4, -0.2) is 51.4 Å². The molecule has 0 saturated carbocycles. The summed E-state index contributed by atoms with van der Waals surface area (Å²) in [6.07, 6.45) is 0.707. The highest BCUT2D eigenvalue weighted by molar-refractivity contribution is 7.92. The predicted octanol–water partition coefficient (Wildman–Crippen LogP) is 5.45. The summed E-state index contributed by atoms with van der Waals surface area (Å²) in [5.74, 6) is -0.741. The number of carbonyl (C=O) groups is 2. The van der Waals surface area contributed by atoms with Gasteiger partial charge in [-0.2, -0.15) is 0 Å². The molecule has 0 aliphatic rings. The first kappa shape index (κ1) is 31.3. The summed E-state index contributed by atoms with van der Waals surface area (Å²) in [5, 5.41) is 3.44. The summed E-state index contributed by atoms with van der Waals surface area (Å²) in [6.45, 7) is 5.01. The number of amides is 2. The SMILES string of the molecule is CCCNC(=O)[C@H](C)N(Cc1c(Cl)cccc1Cl)C(=O)CN(c1cc(C)ccc1OC)S(=O)(=O)c1ccccc1. The van der Waals surface area contributed by atoms with Crippen LogP contribution < -0.4 is 14.4 Å². The Labute approximate surface area is 245 Å². The van der Waals surface area contributed by atoms with Crippen molar-refractivity contribution in [2.24, 2.45) is 0 Å². The molecule has 11 heteroatoms. The molecule has 0 saturated heterocycles. The van der Waals surface area contributed by atoms with E-state index in [2.05, 4.69) is 5.32 Å². The number of carbonyl (C=O) groups excluding carboxylic acids is 2. The van der Waals surface area contributed by atoms with Gasteiger partial charge in [0, 0.05) is 28.7 Å². The fourth-order valence-corrected chi connectivity index (χ4v) is 6.01. The Morgan fingerprint density at radius 3 is 2.25 bits per heavy atom. The maximum Gasteiger partial charge on any atom is 0.264 e. The number of hydrogen-bond donors (Lipinski definition) is 1. The van der Waals surface area contributed by atoms with E-state index in [0.717, 1.165) is 9.87 Å². The minimum absolute atomic E-state index is 0.000736. The van der Waals surface area contributed by atoms with E-state index in [1.54, 1.807) is 61.5 Å². The Balaban J connectivity index is 2.12. The van der Waals surface area contributed by atoms with Gasteiger partial charge >= 0.3 is 0 Å². The smallest absolute Gasteiger partial charge is 0.264 e. The molecule has 0 fully saturated rings. The molecule has 2 amide bonds. The number of benzene rings is 3. The van der Waals surface area contributed by atoms with Crippen molar-refractivity contribution in [3.63, 3.8) is 0 Å². The van der Waals surface area contributed by atoms with Crippen molar-refractivity contribution in [1.82, 2.24) is 10.2 Å². The van der Waals surface area contributed by atoms with Crippen LogP contribution >= 0.6 is 23.2 Å². The molecule has 214 valence electrons. The summed E-state index contributed by atoms with van der Waals surface area (Å²) < 4.78 is 34.4. The summed E-state index contributed by atoms with van der Waals surface area (Å²) in [7, 11) is -2.80. The second-order valence-electron chi connectivity index (χ2n) is 9.19. The maximum atomic E-state index is 14.0. The van der Waals surface area contributed by atoms with Crippen LogP contribution in [0.3, 0.4) is 0 Å². The molecule has 0 heterocycles. The monoisotopic (exact) mass is 605 g/mol. The lowest BCUT2D eigenvalue weighted by Gasteiger charge is -2.32.